The van der Waals surface area contributed by atoms with Crippen molar-refractivity contribution in [3.8, 4) is 0 Å². The maximum absolute atomic E-state index is 11.6. The Morgan fingerprint density at radius 3 is 3.12 bits per heavy atom. The van der Waals surface area contributed by atoms with Gasteiger partial charge in [0.15, 0.2) is 0 Å². The first-order chi connectivity index (χ1) is 8.24. The number of aryl methyl sites for hydroxylation is 1. The van der Waals surface area contributed by atoms with Crippen molar-refractivity contribution in [2.75, 3.05) is 13.1 Å². The lowest BCUT2D eigenvalue weighted by Gasteiger charge is -2.11. The van der Waals surface area contributed by atoms with Gasteiger partial charge in [-0.25, -0.2) is 0 Å². The highest BCUT2D eigenvalue weighted by Crippen LogP contribution is 2.22. The second kappa shape index (κ2) is 6.38. The standard InChI is InChI=1S/C12H17ClN2OS/c13-11-5-3-10(17-11)4-6-12(16)15-8-9-2-1-7-14-9/h3,5,9,14H,1-2,4,6-8H2,(H,15,16). The molecule has 1 atom stereocenters. The normalized spacial score (nSPS) is 19.5. The predicted molar refractivity (Wildman–Crippen MR) is 71.7 cm³/mol. The monoisotopic (exact) mass is 272 g/mol. The van der Waals surface area contributed by atoms with Crippen LogP contribution in [0.5, 0.6) is 0 Å². The zero-order valence-electron chi connectivity index (χ0n) is 9.67. The first-order valence-corrected chi connectivity index (χ1v) is 7.18. The average molecular weight is 273 g/mol. The molecule has 3 nitrogen and oxygen atoms in total. The van der Waals surface area contributed by atoms with Gasteiger partial charge in [-0.2, -0.15) is 0 Å². The summed E-state index contributed by atoms with van der Waals surface area (Å²) in [5.74, 6) is 0.128. The fraction of sp³-hybridized carbons (Fsp3) is 0.583. The van der Waals surface area contributed by atoms with Crippen LogP contribution in [0.25, 0.3) is 0 Å². The van der Waals surface area contributed by atoms with Gasteiger partial charge in [0, 0.05) is 23.9 Å². The van der Waals surface area contributed by atoms with Crippen LogP contribution in [0.4, 0.5) is 0 Å². The number of nitrogens with one attached hydrogen (secondary N) is 2. The molecule has 2 heterocycles. The van der Waals surface area contributed by atoms with Crippen LogP contribution in [0, 0.1) is 0 Å². The predicted octanol–water partition coefficient (Wildman–Crippen LogP) is 2.20. The second-order valence-corrected chi connectivity index (χ2v) is 6.10. The highest BCUT2D eigenvalue weighted by atomic mass is 35.5. The Morgan fingerprint density at radius 2 is 2.47 bits per heavy atom. The number of amides is 1. The van der Waals surface area contributed by atoms with Crippen LogP contribution in [-0.4, -0.2) is 25.0 Å². The van der Waals surface area contributed by atoms with E-state index in [2.05, 4.69) is 10.6 Å². The summed E-state index contributed by atoms with van der Waals surface area (Å²) in [6.07, 6.45) is 3.71. The molecule has 94 valence electrons. The molecule has 1 fully saturated rings. The molecule has 0 radical (unpaired) electrons. The largest absolute Gasteiger partial charge is 0.355 e. The van der Waals surface area contributed by atoms with Crippen molar-refractivity contribution in [1.29, 1.82) is 0 Å². The van der Waals surface area contributed by atoms with Gasteiger partial charge in [-0.05, 0) is 37.9 Å². The molecule has 1 saturated heterocycles. The van der Waals surface area contributed by atoms with Crippen LogP contribution in [0.3, 0.4) is 0 Å². The van der Waals surface area contributed by atoms with Gasteiger partial charge >= 0.3 is 0 Å². The van der Waals surface area contributed by atoms with Crippen molar-refractivity contribution in [3.05, 3.63) is 21.3 Å². The lowest BCUT2D eigenvalue weighted by atomic mass is 10.2. The quantitative estimate of drug-likeness (QED) is 0.863. The third-order valence-corrected chi connectivity index (χ3v) is 4.23. The highest BCUT2D eigenvalue weighted by molar-refractivity contribution is 7.16. The van der Waals surface area contributed by atoms with E-state index < -0.39 is 0 Å². The Labute approximate surface area is 111 Å². The topological polar surface area (TPSA) is 41.1 Å². The number of rotatable bonds is 5. The molecule has 5 heteroatoms. The van der Waals surface area contributed by atoms with E-state index in [0.29, 0.717) is 12.5 Å². The molecule has 0 aromatic carbocycles. The van der Waals surface area contributed by atoms with Crippen LogP contribution in [0.1, 0.15) is 24.1 Å². The van der Waals surface area contributed by atoms with Crippen molar-refractivity contribution in [3.63, 3.8) is 0 Å². The molecule has 0 bridgehead atoms. The Hall–Kier alpha value is -0.580. The minimum atomic E-state index is 0.128. The lowest BCUT2D eigenvalue weighted by Crippen LogP contribution is -2.37. The number of hydrogen-bond acceptors (Lipinski definition) is 3. The lowest BCUT2D eigenvalue weighted by molar-refractivity contribution is -0.121. The molecule has 2 rings (SSSR count). The summed E-state index contributed by atoms with van der Waals surface area (Å²) >= 11 is 7.38. The average Bonchev–Trinajstić information content (AvgIpc) is 2.95. The fourth-order valence-electron chi connectivity index (χ4n) is 1.98. The number of carbonyl (C=O) groups excluding carboxylic acids is 1. The van der Waals surface area contributed by atoms with Crippen molar-refractivity contribution >= 4 is 28.8 Å². The maximum Gasteiger partial charge on any atom is 0.220 e. The number of halogens is 1. The van der Waals surface area contributed by atoms with Gasteiger partial charge in [-0.1, -0.05) is 11.6 Å². The minimum Gasteiger partial charge on any atom is -0.355 e. The summed E-state index contributed by atoms with van der Waals surface area (Å²) in [5.41, 5.74) is 0. The summed E-state index contributed by atoms with van der Waals surface area (Å²) in [7, 11) is 0. The number of hydrogen-bond donors (Lipinski definition) is 2. The van der Waals surface area contributed by atoms with Gasteiger partial charge in [0.05, 0.1) is 4.34 Å². The Balaban J connectivity index is 1.63. The highest BCUT2D eigenvalue weighted by Gasteiger charge is 2.14. The summed E-state index contributed by atoms with van der Waals surface area (Å²) in [4.78, 5) is 12.8. The van der Waals surface area contributed by atoms with Crippen molar-refractivity contribution < 1.29 is 4.79 Å². The van der Waals surface area contributed by atoms with Gasteiger partial charge in [-0.3, -0.25) is 4.79 Å². The molecule has 17 heavy (non-hydrogen) atoms. The fourth-order valence-corrected chi connectivity index (χ4v) is 3.07. The molecule has 1 aromatic heterocycles. The molecule has 1 aliphatic rings. The van der Waals surface area contributed by atoms with E-state index in [-0.39, 0.29) is 5.91 Å². The second-order valence-electron chi connectivity index (χ2n) is 4.30. The molecular formula is C12H17ClN2OS. The van der Waals surface area contributed by atoms with E-state index >= 15 is 0 Å². The summed E-state index contributed by atoms with van der Waals surface area (Å²) in [6.45, 7) is 1.83. The molecule has 2 N–H and O–H groups in total. The van der Waals surface area contributed by atoms with Crippen LogP contribution < -0.4 is 10.6 Å². The number of thiophene rings is 1. The van der Waals surface area contributed by atoms with Gasteiger partial charge in [-0.15, -0.1) is 11.3 Å². The zero-order chi connectivity index (χ0) is 12.1. The van der Waals surface area contributed by atoms with Crippen molar-refractivity contribution in [1.82, 2.24) is 10.6 Å². The summed E-state index contributed by atoms with van der Waals surface area (Å²) < 4.78 is 0.788. The van der Waals surface area contributed by atoms with E-state index in [0.717, 1.165) is 23.8 Å². The minimum absolute atomic E-state index is 0.128. The van der Waals surface area contributed by atoms with Crippen molar-refractivity contribution in [2.24, 2.45) is 0 Å². The Morgan fingerprint density at radius 1 is 1.59 bits per heavy atom. The first-order valence-electron chi connectivity index (χ1n) is 5.98. The third-order valence-electron chi connectivity index (χ3n) is 2.94. The Bertz CT molecular complexity index is 374. The maximum atomic E-state index is 11.6. The van der Waals surface area contributed by atoms with Crippen LogP contribution in [0.2, 0.25) is 4.34 Å². The summed E-state index contributed by atoms with van der Waals surface area (Å²) in [6, 6.07) is 4.33. The molecular weight excluding hydrogens is 256 g/mol. The van der Waals surface area contributed by atoms with Gasteiger partial charge in [0.2, 0.25) is 5.91 Å². The molecule has 1 aromatic rings. The molecule has 1 aliphatic heterocycles. The van der Waals surface area contributed by atoms with E-state index in [1.54, 1.807) is 11.3 Å². The molecule has 0 saturated carbocycles. The Kier molecular flexibility index (Phi) is 4.83. The smallest absolute Gasteiger partial charge is 0.220 e. The molecule has 0 spiro atoms. The zero-order valence-corrected chi connectivity index (χ0v) is 11.2. The molecule has 1 unspecified atom stereocenters. The van der Waals surface area contributed by atoms with Crippen LogP contribution in [-0.2, 0) is 11.2 Å². The third kappa shape index (κ3) is 4.30. The van der Waals surface area contributed by atoms with E-state index in [1.807, 2.05) is 12.1 Å². The first kappa shape index (κ1) is 12.9. The van der Waals surface area contributed by atoms with Gasteiger partial charge in [0.1, 0.15) is 0 Å². The molecule has 0 aliphatic carbocycles. The van der Waals surface area contributed by atoms with E-state index in [4.69, 9.17) is 11.6 Å². The van der Waals surface area contributed by atoms with Gasteiger partial charge < -0.3 is 10.6 Å². The van der Waals surface area contributed by atoms with E-state index in [9.17, 15) is 4.79 Å². The van der Waals surface area contributed by atoms with Crippen LogP contribution in [0.15, 0.2) is 12.1 Å². The molecule has 1 amide bonds. The SMILES string of the molecule is O=C(CCc1ccc(Cl)s1)NCC1CCCN1. The van der Waals surface area contributed by atoms with Crippen molar-refractivity contribution in [2.45, 2.75) is 31.7 Å². The summed E-state index contributed by atoms with van der Waals surface area (Å²) in [5, 5.41) is 6.33. The van der Waals surface area contributed by atoms with Gasteiger partial charge in [0.25, 0.3) is 0 Å². The van der Waals surface area contributed by atoms with Crippen LogP contribution >= 0.6 is 22.9 Å². The number of carbonyl (C=O) groups is 1. The van der Waals surface area contributed by atoms with E-state index in [1.165, 1.54) is 17.7 Å².